The van der Waals surface area contributed by atoms with Gasteiger partial charge in [-0.25, -0.2) is 9.18 Å². The minimum Gasteiger partial charge on any atom is -0.452 e. The molecule has 0 unspecified atom stereocenters. The van der Waals surface area contributed by atoms with Crippen molar-refractivity contribution in [2.45, 2.75) is 20.0 Å². The molecule has 2 N–H and O–H groups in total. The predicted octanol–water partition coefficient (Wildman–Crippen LogP) is 1.93. The van der Waals surface area contributed by atoms with Crippen LogP contribution in [0.4, 0.5) is 4.39 Å². The molecule has 2 amide bonds. The molecule has 2 aromatic carbocycles. The van der Waals surface area contributed by atoms with Gasteiger partial charge in [0.15, 0.2) is 6.61 Å². The van der Waals surface area contributed by atoms with Crippen LogP contribution in [0, 0.1) is 5.82 Å². The molecule has 0 bridgehead atoms. The normalized spacial score (nSPS) is 10.1. The summed E-state index contributed by atoms with van der Waals surface area (Å²) in [4.78, 5) is 34.5. The standard InChI is InChI=1S/C19H19FN2O4/c1-13(23)21-10-14-6-8-15(9-7-14)19(25)26-12-18(24)22-11-16-4-2-3-5-17(16)20/h2-9H,10-12H2,1H3,(H,21,23)(H,22,24). The van der Waals surface area contributed by atoms with E-state index in [1.54, 1.807) is 42.5 Å². The predicted molar refractivity (Wildman–Crippen MR) is 92.5 cm³/mol. The van der Waals surface area contributed by atoms with Crippen molar-refractivity contribution in [1.29, 1.82) is 0 Å². The Morgan fingerprint density at radius 1 is 0.962 bits per heavy atom. The number of amides is 2. The Hall–Kier alpha value is -3.22. The van der Waals surface area contributed by atoms with Crippen LogP contribution in [0.1, 0.15) is 28.4 Å². The molecule has 0 heterocycles. The monoisotopic (exact) mass is 358 g/mol. The van der Waals surface area contributed by atoms with Crippen molar-refractivity contribution in [3.63, 3.8) is 0 Å². The van der Waals surface area contributed by atoms with Gasteiger partial charge in [-0.2, -0.15) is 0 Å². The Kier molecular flexibility index (Phi) is 6.84. The van der Waals surface area contributed by atoms with Gasteiger partial charge >= 0.3 is 5.97 Å². The molecule has 0 atom stereocenters. The van der Waals surface area contributed by atoms with Gasteiger partial charge in [0.25, 0.3) is 5.91 Å². The van der Waals surface area contributed by atoms with E-state index in [1.165, 1.54) is 13.0 Å². The molecule has 0 saturated carbocycles. The van der Waals surface area contributed by atoms with E-state index in [2.05, 4.69) is 10.6 Å². The molecule has 7 heteroatoms. The molecule has 0 fully saturated rings. The third-order valence-corrected chi connectivity index (χ3v) is 3.50. The van der Waals surface area contributed by atoms with Crippen molar-refractivity contribution >= 4 is 17.8 Å². The lowest BCUT2D eigenvalue weighted by molar-refractivity contribution is -0.124. The van der Waals surface area contributed by atoms with Crippen molar-refractivity contribution in [1.82, 2.24) is 10.6 Å². The molecule has 26 heavy (non-hydrogen) atoms. The number of hydrogen-bond acceptors (Lipinski definition) is 4. The van der Waals surface area contributed by atoms with E-state index < -0.39 is 24.3 Å². The van der Waals surface area contributed by atoms with Gasteiger partial charge < -0.3 is 15.4 Å². The van der Waals surface area contributed by atoms with Crippen molar-refractivity contribution in [3.8, 4) is 0 Å². The van der Waals surface area contributed by atoms with Crippen LogP contribution in [-0.4, -0.2) is 24.4 Å². The van der Waals surface area contributed by atoms with E-state index in [-0.39, 0.29) is 12.5 Å². The van der Waals surface area contributed by atoms with Crippen LogP contribution in [0.3, 0.4) is 0 Å². The number of carbonyl (C=O) groups excluding carboxylic acids is 3. The van der Waals surface area contributed by atoms with Gasteiger partial charge in [0, 0.05) is 25.6 Å². The number of ether oxygens (including phenoxy) is 1. The summed E-state index contributed by atoms with van der Waals surface area (Å²) < 4.78 is 18.4. The second-order valence-electron chi connectivity index (χ2n) is 5.55. The number of nitrogens with one attached hydrogen (secondary N) is 2. The maximum atomic E-state index is 13.4. The number of esters is 1. The van der Waals surface area contributed by atoms with Crippen molar-refractivity contribution in [2.75, 3.05) is 6.61 Å². The quantitative estimate of drug-likeness (QED) is 0.741. The Morgan fingerprint density at radius 3 is 2.31 bits per heavy atom. The third kappa shape index (κ3) is 6.01. The average molecular weight is 358 g/mol. The van der Waals surface area contributed by atoms with Crippen LogP contribution in [0.5, 0.6) is 0 Å². The molecule has 0 radical (unpaired) electrons. The van der Waals surface area contributed by atoms with E-state index in [4.69, 9.17) is 4.74 Å². The molecule has 2 rings (SSSR count). The van der Waals surface area contributed by atoms with Gasteiger partial charge in [-0.15, -0.1) is 0 Å². The van der Waals surface area contributed by atoms with E-state index in [9.17, 15) is 18.8 Å². The first-order valence-electron chi connectivity index (χ1n) is 7.96. The van der Waals surface area contributed by atoms with Crippen LogP contribution >= 0.6 is 0 Å². The summed E-state index contributed by atoms with van der Waals surface area (Å²) in [5, 5.41) is 5.13. The lowest BCUT2D eigenvalue weighted by atomic mass is 10.1. The minimum atomic E-state index is -0.642. The summed E-state index contributed by atoms with van der Waals surface area (Å²) >= 11 is 0. The van der Waals surface area contributed by atoms with Gasteiger partial charge in [-0.1, -0.05) is 30.3 Å². The smallest absolute Gasteiger partial charge is 0.338 e. The van der Waals surface area contributed by atoms with Crippen LogP contribution in [-0.2, 0) is 27.4 Å². The summed E-state index contributed by atoms with van der Waals surface area (Å²) in [6.45, 7) is 1.34. The summed E-state index contributed by atoms with van der Waals surface area (Å²) in [5.41, 5.74) is 1.47. The Labute approximate surface area is 150 Å². The first-order valence-corrected chi connectivity index (χ1v) is 7.96. The zero-order valence-electron chi connectivity index (χ0n) is 14.3. The molecule has 0 aliphatic heterocycles. The van der Waals surface area contributed by atoms with Crippen LogP contribution in [0.25, 0.3) is 0 Å². The van der Waals surface area contributed by atoms with Gasteiger partial charge in [-0.3, -0.25) is 9.59 Å². The van der Waals surface area contributed by atoms with Crippen molar-refractivity contribution < 1.29 is 23.5 Å². The molecule has 136 valence electrons. The fraction of sp³-hybridized carbons (Fsp3) is 0.211. The molecule has 6 nitrogen and oxygen atoms in total. The molecule has 0 saturated heterocycles. The number of carbonyl (C=O) groups is 3. The summed E-state index contributed by atoms with van der Waals surface area (Å²) in [5.74, 6) is -1.72. The summed E-state index contributed by atoms with van der Waals surface area (Å²) in [6.07, 6.45) is 0. The number of rotatable bonds is 7. The lowest BCUT2D eigenvalue weighted by Gasteiger charge is -2.08. The first-order chi connectivity index (χ1) is 12.5. The third-order valence-electron chi connectivity index (χ3n) is 3.50. The van der Waals surface area contributed by atoms with E-state index in [0.717, 1.165) is 5.56 Å². The van der Waals surface area contributed by atoms with Crippen molar-refractivity contribution in [3.05, 3.63) is 71.0 Å². The first kappa shape index (κ1) is 19.1. The van der Waals surface area contributed by atoms with E-state index in [1.807, 2.05) is 0 Å². The largest absolute Gasteiger partial charge is 0.452 e. The van der Waals surface area contributed by atoms with Gasteiger partial charge in [0.05, 0.1) is 5.56 Å². The molecule has 0 aromatic heterocycles. The van der Waals surface area contributed by atoms with Crippen molar-refractivity contribution in [2.24, 2.45) is 0 Å². The fourth-order valence-electron chi connectivity index (χ4n) is 2.09. The zero-order valence-corrected chi connectivity index (χ0v) is 14.3. The second kappa shape index (κ2) is 9.31. The zero-order chi connectivity index (χ0) is 18.9. The van der Waals surface area contributed by atoms with Gasteiger partial charge in [0.1, 0.15) is 5.82 Å². The lowest BCUT2D eigenvalue weighted by Crippen LogP contribution is -2.28. The van der Waals surface area contributed by atoms with E-state index >= 15 is 0 Å². The van der Waals surface area contributed by atoms with Crippen LogP contribution < -0.4 is 10.6 Å². The molecule has 0 spiro atoms. The molecular weight excluding hydrogens is 339 g/mol. The average Bonchev–Trinajstić information content (AvgIpc) is 2.64. The van der Waals surface area contributed by atoms with E-state index in [0.29, 0.717) is 17.7 Å². The maximum Gasteiger partial charge on any atom is 0.338 e. The number of benzene rings is 2. The molecule has 2 aromatic rings. The maximum absolute atomic E-state index is 13.4. The minimum absolute atomic E-state index is 0.0148. The molecular formula is C19H19FN2O4. The van der Waals surface area contributed by atoms with Crippen LogP contribution in [0.15, 0.2) is 48.5 Å². The summed E-state index contributed by atoms with van der Waals surface area (Å²) in [7, 11) is 0. The number of halogens is 1. The topological polar surface area (TPSA) is 84.5 Å². The highest BCUT2D eigenvalue weighted by Crippen LogP contribution is 2.07. The summed E-state index contributed by atoms with van der Waals surface area (Å²) in [6, 6.07) is 12.6. The SMILES string of the molecule is CC(=O)NCc1ccc(C(=O)OCC(=O)NCc2ccccc2F)cc1. The van der Waals surface area contributed by atoms with Gasteiger partial charge in [0.2, 0.25) is 5.91 Å². The fourth-order valence-corrected chi connectivity index (χ4v) is 2.09. The highest BCUT2D eigenvalue weighted by atomic mass is 19.1. The Balaban J connectivity index is 1.77. The van der Waals surface area contributed by atoms with Gasteiger partial charge in [-0.05, 0) is 23.8 Å². The number of hydrogen-bond donors (Lipinski definition) is 2. The molecule has 0 aliphatic carbocycles. The van der Waals surface area contributed by atoms with Crippen LogP contribution in [0.2, 0.25) is 0 Å². The molecule has 0 aliphatic rings. The highest BCUT2D eigenvalue weighted by molar-refractivity contribution is 5.91. The highest BCUT2D eigenvalue weighted by Gasteiger charge is 2.11. The second-order valence-corrected chi connectivity index (χ2v) is 5.55. The Morgan fingerprint density at radius 2 is 1.65 bits per heavy atom. The Bertz CT molecular complexity index is 790.